The van der Waals surface area contributed by atoms with E-state index in [1.807, 2.05) is 24.2 Å². The normalized spacial score (nSPS) is 18.7. The molecule has 1 atom stereocenters. The number of rotatable bonds is 4. The van der Waals surface area contributed by atoms with E-state index >= 15 is 0 Å². The number of aromatic nitrogens is 4. The van der Waals surface area contributed by atoms with Gasteiger partial charge in [0.2, 0.25) is 5.95 Å². The molecular weight excluding hydrogens is 395 g/mol. The van der Waals surface area contributed by atoms with Crippen LogP contribution in [-0.4, -0.2) is 50.2 Å². The summed E-state index contributed by atoms with van der Waals surface area (Å²) < 4.78 is 15.5. The lowest BCUT2D eigenvalue weighted by atomic mass is 10.0. The standard InChI is InChI=1S/C23H25FN6O/c1-28-15-18(19-9-10-25-23(26-19)29-11-2-3-12-29)21(27-28)20-8-5-13-30(20)22(31)16-6-4-7-17(24)14-16/h4,6-7,9-10,14-15,20H,2-3,5,8,11-13H2,1H3/t20-/m0/s1. The van der Waals surface area contributed by atoms with E-state index in [-0.39, 0.29) is 11.9 Å². The van der Waals surface area contributed by atoms with Crippen LogP contribution in [0.4, 0.5) is 10.3 Å². The van der Waals surface area contributed by atoms with E-state index in [9.17, 15) is 9.18 Å². The maximum atomic E-state index is 13.7. The monoisotopic (exact) mass is 420 g/mol. The van der Waals surface area contributed by atoms with Crippen molar-refractivity contribution in [2.45, 2.75) is 31.7 Å². The van der Waals surface area contributed by atoms with Gasteiger partial charge in [-0.2, -0.15) is 5.10 Å². The third-order valence-corrected chi connectivity index (χ3v) is 6.07. The fraction of sp³-hybridized carbons (Fsp3) is 0.391. The Morgan fingerprint density at radius 2 is 1.97 bits per heavy atom. The summed E-state index contributed by atoms with van der Waals surface area (Å²) in [6, 6.07) is 7.60. The molecule has 31 heavy (non-hydrogen) atoms. The number of carbonyl (C=O) groups excluding carboxylic acids is 1. The molecule has 7 nitrogen and oxygen atoms in total. The number of benzene rings is 1. The Labute approximate surface area is 180 Å². The van der Waals surface area contributed by atoms with Gasteiger partial charge in [0.1, 0.15) is 5.82 Å². The summed E-state index contributed by atoms with van der Waals surface area (Å²) in [6.45, 7) is 2.57. The molecule has 0 bridgehead atoms. The van der Waals surface area contributed by atoms with Crippen LogP contribution in [0.5, 0.6) is 0 Å². The summed E-state index contributed by atoms with van der Waals surface area (Å²) in [5.41, 5.74) is 2.91. The summed E-state index contributed by atoms with van der Waals surface area (Å²) in [5.74, 6) is 0.165. The molecule has 0 radical (unpaired) electrons. The van der Waals surface area contributed by atoms with Crippen LogP contribution in [0.1, 0.15) is 47.8 Å². The Kier molecular flexibility index (Phi) is 5.13. The molecule has 3 aromatic rings. The number of halogens is 1. The van der Waals surface area contributed by atoms with Crippen molar-refractivity contribution in [2.24, 2.45) is 7.05 Å². The van der Waals surface area contributed by atoms with E-state index in [4.69, 9.17) is 10.1 Å². The SMILES string of the molecule is Cn1cc(-c2ccnc(N3CCCC3)n2)c([C@@H]2CCCN2C(=O)c2cccc(F)c2)n1. The zero-order chi connectivity index (χ0) is 21.4. The Bertz CT molecular complexity index is 1110. The average Bonchev–Trinajstić information content (AvgIpc) is 3.53. The predicted octanol–water partition coefficient (Wildman–Crippen LogP) is 3.59. The second-order valence-electron chi connectivity index (χ2n) is 8.20. The lowest BCUT2D eigenvalue weighted by Crippen LogP contribution is -2.31. The van der Waals surface area contributed by atoms with Gasteiger partial charge in [0.15, 0.2) is 0 Å². The molecule has 1 aromatic carbocycles. The van der Waals surface area contributed by atoms with Crippen LogP contribution < -0.4 is 4.90 Å². The van der Waals surface area contributed by atoms with Gasteiger partial charge in [0, 0.05) is 50.2 Å². The van der Waals surface area contributed by atoms with E-state index in [1.165, 1.54) is 12.1 Å². The first kappa shape index (κ1) is 19.7. The second-order valence-corrected chi connectivity index (χ2v) is 8.20. The molecule has 160 valence electrons. The van der Waals surface area contributed by atoms with Crippen molar-refractivity contribution in [3.05, 3.63) is 59.8 Å². The molecule has 2 aromatic heterocycles. The quantitative estimate of drug-likeness (QED) is 0.645. The molecule has 2 aliphatic heterocycles. The maximum absolute atomic E-state index is 13.7. The highest BCUT2D eigenvalue weighted by Crippen LogP contribution is 2.37. The molecule has 2 fully saturated rings. The Morgan fingerprint density at radius 3 is 2.77 bits per heavy atom. The number of anilines is 1. The first-order valence-corrected chi connectivity index (χ1v) is 10.8. The van der Waals surface area contributed by atoms with E-state index < -0.39 is 5.82 Å². The minimum absolute atomic E-state index is 0.168. The van der Waals surface area contributed by atoms with E-state index in [1.54, 1.807) is 23.0 Å². The van der Waals surface area contributed by atoms with E-state index in [0.29, 0.717) is 12.1 Å². The van der Waals surface area contributed by atoms with Crippen molar-refractivity contribution in [1.29, 1.82) is 0 Å². The van der Waals surface area contributed by atoms with Gasteiger partial charge in [-0.05, 0) is 49.9 Å². The molecule has 2 saturated heterocycles. The molecule has 8 heteroatoms. The van der Waals surface area contributed by atoms with Crippen LogP contribution in [0.25, 0.3) is 11.3 Å². The van der Waals surface area contributed by atoms with Crippen LogP contribution in [0.3, 0.4) is 0 Å². The lowest BCUT2D eigenvalue weighted by molar-refractivity contribution is 0.0732. The van der Waals surface area contributed by atoms with Gasteiger partial charge in [-0.3, -0.25) is 9.48 Å². The molecule has 0 N–H and O–H groups in total. The minimum atomic E-state index is -0.407. The van der Waals surface area contributed by atoms with Crippen molar-refractivity contribution in [3.63, 3.8) is 0 Å². The minimum Gasteiger partial charge on any atom is -0.341 e. The molecule has 0 aliphatic carbocycles. The van der Waals surface area contributed by atoms with Crippen molar-refractivity contribution < 1.29 is 9.18 Å². The first-order valence-electron chi connectivity index (χ1n) is 10.8. The lowest BCUT2D eigenvalue weighted by Gasteiger charge is -2.24. The van der Waals surface area contributed by atoms with Crippen LogP contribution in [0.15, 0.2) is 42.7 Å². The molecule has 5 rings (SSSR count). The number of hydrogen-bond acceptors (Lipinski definition) is 5. The summed E-state index contributed by atoms with van der Waals surface area (Å²) in [4.78, 5) is 26.4. The highest BCUT2D eigenvalue weighted by Gasteiger charge is 2.34. The van der Waals surface area contributed by atoms with Crippen molar-refractivity contribution in [1.82, 2.24) is 24.6 Å². The number of hydrogen-bond donors (Lipinski definition) is 0. The van der Waals surface area contributed by atoms with Gasteiger partial charge >= 0.3 is 0 Å². The van der Waals surface area contributed by atoms with Gasteiger partial charge in [-0.15, -0.1) is 0 Å². The zero-order valence-electron chi connectivity index (χ0n) is 17.5. The largest absolute Gasteiger partial charge is 0.341 e. The van der Waals surface area contributed by atoms with Crippen molar-refractivity contribution >= 4 is 11.9 Å². The number of carbonyl (C=O) groups is 1. The summed E-state index contributed by atoms with van der Waals surface area (Å²) in [6.07, 6.45) is 7.75. The van der Waals surface area contributed by atoms with Crippen LogP contribution in [-0.2, 0) is 7.05 Å². The number of likely N-dealkylation sites (tertiary alicyclic amines) is 1. The van der Waals surface area contributed by atoms with Gasteiger partial charge < -0.3 is 9.80 Å². The summed E-state index contributed by atoms with van der Waals surface area (Å²) in [5, 5.41) is 4.71. The van der Waals surface area contributed by atoms with Gasteiger partial charge in [0.25, 0.3) is 5.91 Å². The smallest absolute Gasteiger partial charge is 0.254 e. The van der Waals surface area contributed by atoms with Crippen LogP contribution in [0.2, 0.25) is 0 Å². The van der Waals surface area contributed by atoms with Crippen LogP contribution >= 0.6 is 0 Å². The number of amides is 1. The molecule has 0 unspecified atom stereocenters. The molecule has 4 heterocycles. The second kappa shape index (κ2) is 8.09. The Balaban J connectivity index is 1.49. The first-order chi connectivity index (χ1) is 15.1. The third kappa shape index (κ3) is 3.78. The molecule has 0 saturated carbocycles. The topological polar surface area (TPSA) is 67.2 Å². The van der Waals surface area contributed by atoms with E-state index in [2.05, 4.69) is 9.88 Å². The third-order valence-electron chi connectivity index (χ3n) is 6.07. The Morgan fingerprint density at radius 1 is 1.13 bits per heavy atom. The highest BCUT2D eigenvalue weighted by atomic mass is 19.1. The van der Waals surface area contributed by atoms with Crippen LogP contribution in [0, 0.1) is 5.82 Å². The fourth-order valence-electron chi connectivity index (χ4n) is 4.60. The Hall–Kier alpha value is -3.29. The van der Waals surface area contributed by atoms with Gasteiger partial charge in [-0.1, -0.05) is 6.07 Å². The maximum Gasteiger partial charge on any atom is 0.254 e. The fourth-order valence-corrected chi connectivity index (χ4v) is 4.60. The molecular formula is C23H25FN6O. The van der Waals surface area contributed by atoms with E-state index in [0.717, 1.165) is 61.7 Å². The van der Waals surface area contributed by atoms with Crippen molar-refractivity contribution in [2.75, 3.05) is 24.5 Å². The summed E-state index contributed by atoms with van der Waals surface area (Å²) in [7, 11) is 1.88. The zero-order valence-corrected chi connectivity index (χ0v) is 17.5. The van der Waals surface area contributed by atoms with Gasteiger partial charge in [0.05, 0.1) is 17.4 Å². The summed E-state index contributed by atoms with van der Waals surface area (Å²) >= 11 is 0. The predicted molar refractivity (Wildman–Crippen MR) is 115 cm³/mol. The molecule has 0 spiro atoms. The highest BCUT2D eigenvalue weighted by molar-refractivity contribution is 5.94. The molecule has 2 aliphatic rings. The number of aryl methyl sites for hydroxylation is 1. The average molecular weight is 420 g/mol. The molecule has 1 amide bonds. The van der Waals surface area contributed by atoms with Crippen molar-refractivity contribution in [3.8, 4) is 11.3 Å². The number of nitrogens with zero attached hydrogens (tertiary/aromatic N) is 6. The van der Waals surface area contributed by atoms with Gasteiger partial charge in [-0.25, -0.2) is 14.4 Å².